The quantitative estimate of drug-likeness (QED) is 0.758. The molecule has 0 radical (unpaired) electrons. The van der Waals surface area contributed by atoms with Crippen LogP contribution in [0.3, 0.4) is 0 Å². The van der Waals surface area contributed by atoms with Crippen molar-refractivity contribution in [2.45, 2.75) is 22.7 Å². The predicted octanol–water partition coefficient (Wildman–Crippen LogP) is 3.31. The van der Waals surface area contributed by atoms with Gasteiger partial charge in [0.15, 0.2) is 0 Å². The Hall–Kier alpha value is -1.78. The van der Waals surface area contributed by atoms with Gasteiger partial charge in [-0.25, -0.2) is 4.98 Å². The maximum atomic E-state index is 10.5. The molecule has 0 spiro atoms. The largest absolute Gasteiger partial charge is 0.387 e. The van der Waals surface area contributed by atoms with Gasteiger partial charge in [0.05, 0.1) is 6.10 Å². The van der Waals surface area contributed by atoms with Crippen molar-refractivity contribution in [3.63, 3.8) is 0 Å². The molecule has 1 aromatic heterocycles. The number of fused-ring (bicyclic) bond motifs is 3. The molecule has 0 saturated carbocycles. The van der Waals surface area contributed by atoms with E-state index in [1.54, 1.807) is 18.0 Å². The zero-order chi connectivity index (χ0) is 13.5. The van der Waals surface area contributed by atoms with Crippen LogP contribution in [0.2, 0.25) is 0 Å². The van der Waals surface area contributed by atoms with Crippen molar-refractivity contribution in [1.29, 1.82) is 0 Å². The average Bonchev–Trinajstić information content (AvgIpc) is 3.09. The fraction of sp³-hybridized carbons (Fsp3) is 0.188. The Morgan fingerprint density at radius 3 is 2.95 bits per heavy atom. The Kier molecular flexibility index (Phi) is 2.79. The molecule has 4 heteroatoms. The molecule has 100 valence electrons. The van der Waals surface area contributed by atoms with E-state index in [0.29, 0.717) is 0 Å². The Morgan fingerprint density at radius 2 is 2.10 bits per heavy atom. The summed E-state index contributed by atoms with van der Waals surface area (Å²) in [7, 11) is 0. The normalized spacial score (nSPS) is 21.2. The highest BCUT2D eigenvalue weighted by Crippen LogP contribution is 2.48. The Bertz CT molecular complexity index is 754. The molecule has 20 heavy (non-hydrogen) atoms. The lowest BCUT2D eigenvalue weighted by Crippen LogP contribution is -2.13. The summed E-state index contributed by atoms with van der Waals surface area (Å²) in [5.41, 5.74) is 1.05. The second kappa shape index (κ2) is 4.65. The van der Waals surface area contributed by atoms with Crippen LogP contribution < -0.4 is 0 Å². The van der Waals surface area contributed by atoms with Gasteiger partial charge in [0.25, 0.3) is 0 Å². The first-order chi connectivity index (χ1) is 9.83. The number of benzene rings is 2. The minimum absolute atomic E-state index is 0.127. The van der Waals surface area contributed by atoms with Crippen molar-refractivity contribution in [3.8, 4) is 0 Å². The van der Waals surface area contributed by atoms with E-state index in [1.807, 2.05) is 12.3 Å². The van der Waals surface area contributed by atoms with E-state index < -0.39 is 6.10 Å². The van der Waals surface area contributed by atoms with Crippen molar-refractivity contribution in [1.82, 2.24) is 9.97 Å². The minimum atomic E-state index is -0.426. The van der Waals surface area contributed by atoms with Crippen LogP contribution in [0, 0.1) is 0 Å². The summed E-state index contributed by atoms with van der Waals surface area (Å²) < 4.78 is 0. The van der Waals surface area contributed by atoms with Gasteiger partial charge in [0.1, 0.15) is 5.82 Å². The van der Waals surface area contributed by atoms with E-state index in [9.17, 15) is 5.11 Å². The summed E-state index contributed by atoms with van der Waals surface area (Å²) in [5, 5.41) is 13.1. The molecule has 0 saturated heterocycles. The summed E-state index contributed by atoms with van der Waals surface area (Å²) >= 11 is 1.76. The van der Waals surface area contributed by atoms with Crippen molar-refractivity contribution >= 4 is 22.5 Å². The highest BCUT2D eigenvalue weighted by molar-refractivity contribution is 8.00. The molecule has 0 fully saturated rings. The standard InChI is InChI=1S/C16H14N2OS/c19-15-12-6-5-10-3-1-2-4-11(10)16(12)20-13(15)9-14-17-7-8-18-14/h1-8,13,15,19H,9H2,(H,17,18)/t13-,15-/m0/s1. The first-order valence-corrected chi connectivity index (χ1v) is 7.55. The topological polar surface area (TPSA) is 48.9 Å². The molecule has 0 aliphatic carbocycles. The predicted molar refractivity (Wildman–Crippen MR) is 80.8 cm³/mol. The van der Waals surface area contributed by atoms with Crippen LogP contribution in [0.4, 0.5) is 0 Å². The van der Waals surface area contributed by atoms with Gasteiger partial charge in [-0.2, -0.15) is 0 Å². The Labute approximate surface area is 121 Å². The van der Waals surface area contributed by atoms with Gasteiger partial charge in [-0.05, 0) is 16.3 Å². The molecular formula is C16H14N2OS. The number of rotatable bonds is 2. The highest BCUT2D eigenvalue weighted by Gasteiger charge is 2.33. The van der Waals surface area contributed by atoms with Crippen LogP contribution in [0.15, 0.2) is 53.7 Å². The second-order valence-electron chi connectivity index (χ2n) is 5.05. The van der Waals surface area contributed by atoms with Gasteiger partial charge in [0, 0.05) is 29.0 Å². The number of aliphatic hydroxyl groups excluding tert-OH is 1. The number of imidazole rings is 1. The molecule has 3 nitrogen and oxygen atoms in total. The molecule has 2 heterocycles. The van der Waals surface area contributed by atoms with Crippen LogP contribution >= 0.6 is 11.8 Å². The summed E-state index contributed by atoms with van der Waals surface area (Å²) in [4.78, 5) is 8.59. The zero-order valence-corrected chi connectivity index (χ0v) is 11.6. The van der Waals surface area contributed by atoms with Crippen molar-refractivity contribution in [2.24, 2.45) is 0 Å². The van der Waals surface area contributed by atoms with E-state index in [1.165, 1.54) is 15.7 Å². The average molecular weight is 282 g/mol. The molecule has 1 aliphatic rings. The number of thioether (sulfide) groups is 1. The molecule has 2 atom stereocenters. The molecule has 3 aromatic rings. The van der Waals surface area contributed by atoms with E-state index >= 15 is 0 Å². The molecule has 0 bridgehead atoms. The molecule has 1 aliphatic heterocycles. The summed E-state index contributed by atoms with van der Waals surface area (Å²) in [6, 6.07) is 12.5. The number of aromatic nitrogens is 2. The number of aliphatic hydroxyl groups is 1. The van der Waals surface area contributed by atoms with Gasteiger partial charge in [0.2, 0.25) is 0 Å². The van der Waals surface area contributed by atoms with E-state index in [-0.39, 0.29) is 5.25 Å². The van der Waals surface area contributed by atoms with Crippen LogP contribution in [-0.4, -0.2) is 20.3 Å². The third kappa shape index (κ3) is 1.84. The van der Waals surface area contributed by atoms with Gasteiger partial charge in [-0.15, -0.1) is 11.8 Å². The highest BCUT2D eigenvalue weighted by atomic mass is 32.2. The van der Waals surface area contributed by atoms with Gasteiger partial charge in [-0.1, -0.05) is 36.4 Å². The number of aromatic amines is 1. The Balaban J connectivity index is 1.74. The molecule has 2 N–H and O–H groups in total. The number of hydrogen-bond acceptors (Lipinski definition) is 3. The summed E-state index contributed by atoms with van der Waals surface area (Å²) in [5.74, 6) is 0.929. The molecule has 4 rings (SSSR count). The second-order valence-corrected chi connectivity index (χ2v) is 6.30. The molecule has 2 aromatic carbocycles. The van der Waals surface area contributed by atoms with E-state index in [2.05, 4.69) is 40.3 Å². The lowest BCUT2D eigenvalue weighted by atomic mass is 10.0. The van der Waals surface area contributed by atoms with Crippen LogP contribution in [-0.2, 0) is 6.42 Å². The zero-order valence-electron chi connectivity index (χ0n) is 10.8. The number of H-pyrrole nitrogens is 1. The van der Waals surface area contributed by atoms with Gasteiger partial charge >= 0.3 is 0 Å². The summed E-state index contributed by atoms with van der Waals surface area (Å²) in [6.45, 7) is 0. The van der Waals surface area contributed by atoms with Crippen molar-refractivity contribution in [2.75, 3.05) is 0 Å². The van der Waals surface area contributed by atoms with Crippen molar-refractivity contribution < 1.29 is 5.11 Å². The Morgan fingerprint density at radius 1 is 1.20 bits per heavy atom. The van der Waals surface area contributed by atoms with Gasteiger partial charge < -0.3 is 10.1 Å². The van der Waals surface area contributed by atoms with E-state index in [4.69, 9.17) is 0 Å². The van der Waals surface area contributed by atoms with Gasteiger partial charge in [-0.3, -0.25) is 0 Å². The number of nitrogens with zero attached hydrogens (tertiary/aromatic N) is 1. The third-order valence-corrected chi connectivity index (χ3v) is 5.22. The smallest absolute Gasteiger partial charge is 0.107 e. The maximum absolute atomic E-state index is 10.5. The third-order valence-electron chi connectivity index (χ3n) is 3.80. The van der Waals surface area contributed by atoms with Crippen LogP contribution in [0.25, 0.3) is 10.8 Å². The molecular weight excluding hydrogens is 268 g/mol. The first kappa shape index (κ1) is 12.0. The number of hydrogen-bond donors (Lipinski definition) is 2. The fourth-order valence-corrected chi connectivity index (χ4v) is 4.25. The first-order valence-electron chi connectivity index (χ1n) is 6.67. The fourth-order valence-electron chi connectivity index (χ4n) is 2.79. The molecule has 0 unspecified atom stereocenters. The lowest BCUT2D eigenvalue weighted by Gasteiger charge is -2.12. The molecule has 0 amide bonds. The van der Waals surface area contributed by atoms with Crippen molar-refractivity contribution in [3.05, 3.63) is 60.2 Å². The minimum Gasteiger partial charge on any atom is -0.387 e. The monoisotopic (exact) mass is 282 g/mol. The SMILES string of the molecule is O[C@H]1c2ccc3ccccc3c2S[C@H]1Cc1ncc[nH]1. The van der Waals surface area contributed by atoms with E-state index in [0.717, 1.165) is 17.8 Å². The van der Waals surface area contributed by atoms with Crippen LogP contribution in [0.1, 0.15) is 17.5 Å². The maximum Gasteiger partial charge on any atom is 0.107 e. The van der Waals surface area contributed by atoms with Crippen LogP contribution in [0.5, 0.6) is 0 Å². The number of nitrogens with one attached hydrogen (secondary N) is 1. The summed E-state index contributed by atoms with van der Waals surface area (Å²) in [6.07, 6.45) is 3.90. The lowest BCUT2D eigenvalue weighted by molar-refractivity contribution is 0.176.